The first-order valence-corrected chi connectivity index (χ1v) is 8.92. The van der Waals surface area contributed by atoms with Crippen LogP contribution < -0.4 is 20.2 Å². The number of ether oxygens (including phenoxy) is 2. The SMILES string of the molecule is C[C@@]1(c2ccccc2)NC(=O)N(NC(=O)c2ccc3c(c2)OCCCO3)C1=O. The van der Waals surface area contributed by atoms with Crippen LogP contribution in [0.3, 0.4) is 0 Å². The molecule has 1 atom stereocenters. The van der Waals surface area contributed by atoms with Crippen molar-refractivity contribution < 1.29 is 23.9 Å². The molecule has 0 aliphatic carbocycles. The van der Waals surface area contributed by atoms with Crippen molar-refractivity contribution in [3.05, 3.63) is 59.7 Å². The van der Waals surface area contributed by atoms with Crippen molar-refractivity contribution in [2.24, 2.45) is 0 Å². The maximum absolute atomic E-state index is 12.9. The molecule has 144 valence electrons. The van der Waals surface area contributed by atoms with Crippen LogP contribution in [0.2, 0.25) is 0 Å². The number of urea groups is 1. The molecule has 2 aromatic carbocycles. The summed E-state index contributed by atoms with van der Waals surface area (Å²) >= 11 is 0. The highest BCUT2D eigenvalue weighted by molar-refractivity contribution is 6.09. The van der Waals surface area contributed by atoms with E-state index < -0.39 is 23.4 Å². The Balaban J connectivity index is 1.54. The van der Waals surface area contributed by atoms with Crippen molar-refractivity contribution in [3.8, 4) is 11.5 Å². The minimum Gasteiger partial charge on any atom is -0.490 e. The molecule has 0 bridgehead atoms. The van der Waals surface area contributed by atoms with Crippen molar-refractivity contribution in [3.63, 3.8) is 0 Å². The van der Waals surface area contributed by atoms with Gasteiger partial charge in [0, 0.05) is 12.0 Å². The summed E-state index contributed by atoms with van der Waals surface area (Å²) in [4.78, 5) is 37.8. The van der Waals surface area contributed by atoms with Gasteiger partial charge >= 0.3 is 6.03 Å². The Hall–Kier alpha value is -3.55. The molecule has 0 saturated carbocycles. The molecule has 8 nitrogen and oxygen atoms in total. The summed E-state index contributed by atoms with van der Waals surface area (Å²) in [6, 6.07) is 12.9. The third kappa shape index (κ3) is 3.02. The number of hydrogen-bond acceptors (Lipinski definition) is 5. The third-order valence-electron chi connectivity index (χ3n) is 4.77. The van der Waals surface area contributed by atoms with Crippen LogP contribution in [0.1, 0.15) is 29.3 Å². The van der Waals surface area contributed by atoms with Crippen molar-refractivity contribution >= 4 is 17.8 Å². The minimum absolute atomic E-state index is 0.248. The molecule has 8 heteroatoms. The van der Waals surface area contributed by atoms with E-state index in [2.05, 4.69) is 10.7 Å². The summed E-state index contributed by atoms with van der Waals surface area (Å²) < 4.78 is 11.1. The minimum atomic E-state index is -1.25. The Kier molecular flexibility index (Phi) is 4.38. The quantitative estimate of drug-likeness (QED) is 0.793. The van der Waals surface area contributed by atoms with Gasteiger partial charge in [-0.15, -0.1) is 0 Å². The zero-order valence-corrected chi connectivity index (χ0v) is 15.2. The fraction of sp³-hybridized carbons (Fsp3) is 0.250. The Bertz CT molecular complexity index is 946. The van der Waals surface area contributed by atoms with Gasteiger partial charge in [0.1, 0.15) is 5.54 Å². The van der Waals surface area contributed by atoms with Crippen LogP contribution in [0.5, 0.6) is 11.5 Å². The van der Waals surface area contributed by atoms with Gasteiger partial charge in [-0.1, -0.05) is 30.3 Å². The number of fused-ring (bicyclic) bond motifs is 1. The van der Waals surface area contributed by atoms with Crippen molar-refractivity contribution in [1.82, 2.24) is 15.8 Å². The molecule has 2 heterocycles. The fourth-order valence-corrected chi connectivity index (χ4v) is 3.18. The van der Waals surface area contributed by atoms with Crippen molar-refractivity contribution in [1.29, 1.82) is 0 Å². The smallest absolute Gasteiger partial charge is 0.344 e. The first kappa shape index (κ1) is 17.8. The third-order valence-corrected chi connectivity index (χ3v) is 4.77. The summed E-state index contributed by atoms with van der Waals surface area (Å²) in [5.41, 5.74) is 2.00. The second-order valence-corrected chi connectivity index (χ2v) is 6.71. The molecular weight excluding hydrogens is 362 g/mol. The van der Waals surface area contributed by atoms with Crippen LogP contribution in [0.15, 0.2) is 48.5 Å². The first-order valence-electron chi connectivity index (χ1n) is 8.92. The van der Waals surface area contributed by atoms with Gasteiger partial charge in [0.05, 0.1) is 13.2 Å². The highest BCUT2D eigenvalue weighted by atomic mass is 16.5. The Morgan fingerprint density at radius 2 is 1.79 bits per heavy atom. The normalized spacial score (nSPS) is 21.1. The highest BCUT2D eigenvalue weighted by Crippen LogP contribution is 2.31. The second-order valence-electron chi connectivity index (χ2n) is 6.71. The predicted octanol–water partition coefficient (Wildman–Crippen LogP) is 1.96. The van der Waals surface area contributed by atoms with E-state index in [1.165, 1.54) is 6.07 Å². The second kappa shape index (κ2) is 6.88. The van der Waals surface area contributed by atoms with E-state index in [9.17, 15) is 14.4 Å². The van der Waals surface area contributed by atoms with Gasteiger partial charge in [-0.3, -0.25) is 15.0 Å². The lowest BCUT2D eigenvalue weighted by atomic mass is 9.92. The number of nitrogens with one attached hydrogen (secondary N) is 2. The van der Waals surface area contributed by atoms with Gasteiger partial charge in [0.15, 0.2) is 11.5 Å². The summed E-state index contributed by atoms with van der Waals surface area (Å²) in [6.07, 6.45) is 0.747. The van der Waals surface area contributed by atoms with E-state index in [4.69, 9.17) is 9.47 Å². The lowest BCUT2D eigenvalue weighted by Crippen LogP contribution is -2.47. The van der Waals surface area contributed by atoms with Gasteiger partial charge in [0.2, 0.25) is 0 Å². The zero-order valence-electron chi connectivity index (χ0n) is 15.2. The molecule has 2 aliphatic rings. The molecule has 0 spiro atoms. The lowest BCUT2D eigenvalue weighted by Gasteiger charge is -2.22. The molecule has 2 N–H and O–H groups in total. The topological polar surface area (TPSA) is 97.0 Å². The zero-order chi connectivity index (χ0) is 19.7. The number of carbonyl (C=O) groups excluding carboxylic acids is 3. The number of nitrogens with zero attached hydrogens (tertiary/aromatic N) is 1. The van der Waals surface area contributed by atoms with Gasteiger partial charge in [-0.25, -0.2) is 4.79 Å². The van der Waals surface area contributed by atoms with Crippen LogP contribution in [0.4, 0.5) is 4.79 Å². The van der Waals surface area contributed by atoms with E-state index in [0.717, 1.165) is 6.42 Å². The molecule has 0 radical (unpaired) electrons. The molecule has 0 unspecified atom stereocenters. The lowest BCUT2D eigenvalue weighted by molar-refractivity contribution is -0.132. The number of hydrogen-bond donors (Lipinski definition) is 2. The van der Waals surface area contributed by atoms with E-state index in [1.807, 2.05) is 6.07 Å². The van der Waals surface area contributed by atoms with E-state index >= 15 is 0 Å². The number of imide groups is 1. The van der Waals surface area contributed by atoms with E-state index in [0.29, 0.717) is 35.3 Å². The van der Waals surface area contributed by atoms with Gasteiger partial charge in [-0.2, -0.15) is 5.01 Å². The Morgan fingerprint density at radius 1 is 1.07 bits per heavy atom. The Labute approximate surface area is 161 Å². The van der Waals surface area contributed by atoms with Crippen LogP contribution in [0, 0.1) is 0 Å². The summed E-state index contributed by atoms with van der Waals surface area (Å²) in [7, 11) is 0. The molecule has 2 aromatic rings. The van der Waals surface area contributed by atoms with Crippen molar-refractivity contribution in [2.45, 2.75) is 18.9 Å². The average Bonchev–Trinajstić information content (AvgIpc) is 2.87. The monoisotopic (exact) mass is 381 g/mol. The predicted molar refractivity (Wildman–Crippen MR) is 98.7 cm³/mol. The molecule has 1 fully saturated rings. The molecule has 4 amide bonds. The maximum atomic E-state index is 12.9. The summed E-state index contributed by atoms with van der Waals surface area (Å²) in [6.45, 7) is 2.63. The van der Waals surface area contributed by atoms with Gasteiger partial charge < -0.3 is 14.8 Å². The van der Waals surface area contributed by atoms with Gasteiger partial charge in [0.25, 0.3) is 11.8 Å². The summed E-state index contributed by atoms with van der Waals surface area (Å²) in [5.74, 6) is -0.153. The molecule has 2 aliphatic heterocycles. The number of rotatable bonds is 3. The number of benzene rings is 2. The van der Waals surface area contributed by atoms with Crippen LogP contribution in [-0.4, -0.2) is 36.1 Å². The van der Waals surface area contributed by atoms with Crippen LogP contribution in [0.25, 0.3) is 0 Å². The van der Waals surface area contributed by atoms with Crippen molar-refractivity contribution in [2.75, 3.05) is 13.2 Å². The molecule has 1 saturated heterocycles. The highest BCUT2D eigenvalue weighted by Gasteiger charge is 2.50. The first-order chi connectivity index (χ1) is 13.5. The van der Waals surface area contributed by atoms with Gasteiger partial charge in [-0.05, 0) is 30.7 Å². The number of amides is 4. The van der Waals surface area contributed by atoms with Crippen LogP contribution in [-0.2, 0) is 10.3 Å². The Morgan fingerprint density at radius 3 is 2.54 bits per heavy atom. The maximum Gasteiger partial charge on any atom is 0.344 e. The number of hydrazine groups is 1. The largest absolute Gasteiger partial charge is 0.490 e. The molecule has 4 rings (SSSR count). The van der Waals surface area contributed by atoms with E-state index in [-0.39, 0.29) is 5.56 Å². The summed E-state index contributed by atoms with van der Waals surface area (Å²) in [5, 5.41) is 3.35. The molecule has 28 heavy (non-hydrogen) atoms. The standard InChI is InChI=1S/C20H19N3O5/c1-20(14-6-3-2-4-7-14)18(25)23(19(26)21-20)22-17(24)13-8-9-15-16(12-13)28-11-5-10-27-15/h2-4,6-9,12H,5,10-11H2,1H3,(H,21,26)(H,22,24)/t20-/m0/s1. The van der Waals surface area contributed by atoms with E-state index in [1.54, 1.807) is 43.3 Å². The molecular formula is C20H19N3O5. The van der Waals surface area contributed by atoms with Crippen LogP contribution >= 0.6 is 0 Å². The number of carbonyl (C=O) groups is 3. The molecule has 0 aromatic heterocycles. The average molecular weight is 381 g/mol. The fourth-order valence-electron chi connectivity index (χ4n) is 3.18.